The number of rotatable bonds is 9. The predicted octanol–water partition coefficient (Wildman–Crippen LogP) is 0.512. The van der Waals surface area contributed by atoms with E-state index < -0.39 is 10.0 Å². The van der Waals surface area contributed by atoms with Crippen LogP contribution in [0, 0.1) is 0 Å². The molecule has 0 bridgehead atoms. The van der Waals surface area contributed by atoms with Crippen LogP contribution in [0.4, 0.5) is 0 Å². The van der Waals surface area contributed by atoms with Crippen LogP contribution in [0.3, 0.4) is 0 Å². The summed E-state index contributed by atoms with van der Waals surface area (Å²) >= 11 is 0. The third-order valence-corrected chi connectivity index (χ3v) is 4.53. The predicted molar refractivity (Wildman–Crippen MR) is 93.4 cm³/mol. The van der Waals surface area contributed by atoms with Crippen molar-refractivity contribution >= 4 is 16.0 Å². The fraction of sp³-hybridized carbons (Fsp3) is 0.533. The maximum atomic E-state index is 11.3. The number of hydrogen-bond acceptors (Lipinski definition) is 4. The van der Waals surface area contributed by atoms with E-state index in [4.69, 9.17) is 4.74 Å². The Hall–Kier alpha value is -1.80. The van der Waals surface area contributed by atoms with Crippen LogP contribution in [0.5, 0.6) is 5.75 Å². The molecule has 0 atom stereocenters. The Morgan fingerprint density at radius 1 is 1.26 bits per heavy atom. The monoisotopic (exact) mass is 342 g/mol. The number of aliphatic imine (C=N–C) groups is 1. The van der Waals surface area contributed by atoms with Gasteiger partial charge >= 0.3 is 0 Å². The summed E-state index contributed by atoms with van der Waals surface area (Å²) in [6.07, 6.45) is 0. The maximum absolute atomic E-state index is 11.3. The quantitative estimate of drug-likeness (QED) is 0.388. The van der Waals surface area contributed by atoms with Crippen molar-refractivity contribution in [2.75, 3.05) is 46.1 Å². The van der Waals surface area contributed by atoms with E-state index in [-0.39, 0.29) is 5.75 Å². The second-order valence-electron chi connectivity index (χ2n) is 4.85. The van der Waals surface area contributed by atoms with Gasteiger partial charge in [-0.3, -0.25) is 4.99 Å². The van der Waals surface area contributed by atoms with Crippen molar-refractivity contribution in [2.45, 2.75) is 6.92 Å². The second-order valence-corrected chi connectivity index (χ2v) is 6.95. The molecule has 0 spiro atoms. The molecule has 1 rings (SSSR count). The summed E-state index contributed by atoms with van der Waals surface area (Å²) in [6.45, 7) is 3.59. The lowest BCUT2D eigenvalue weighted by molar-refractivity contribution is 0.281. The summed E-state index contributed by atoms with van der Waals surface area (Å²) in [4.78, 5) is 6.09. The van der Waals surface area contributed by atoms with Crippen LogP contribution in [-0.2, 0) is 10.0 Å². The van der Waals surface area contributed by atoms with E-state index in [0.717, 1.165) is 5.75 Å². The second kappa shape index (κ2) is 10.1. The highest BCUT2D eigenvalue weighted by molar-refractivity contribution is 7.89. The van der Waals surface area contributed by atoms with Gasteiger partial charge in [0.25, 0.3) is 0 Å². The van der Waals surface area contributed by atoms with E-state index in [9.17, 15) is 8.42 Å². The third-order valence-electron chi connectivity index (χ3n) is 3.12. The van der Waals surface area contributed by atoms with Gasteiger partial charge in [0.2, 0.25) is 10.0 Å². The molecule has 0 heterocycles. The lowest BCUT2D eigenvalue weighted by Gasteiger charge is -2.22. The Morgan fingerprint density at radius 2 is 1.96 bits per heavy atom. The van der Waals surface area contributed by atoms with Crippen LogP contribution in [0.15, 0.2) is 35.3 Å². The molecule has 1 aromatic rings. The van der Waals surface area contributed by atoms with E-state index in [1.54, 1.807) is 14.0 Å². The molecule has 0 amide bonds. The summed E-state index contributed by atoms with van der Waals surface area (Å²) in [5.41, 5.74) is 0. The number of nitrogens with one attached hydrogen (secondary N) is 2. The maximum Gasteiger partial charge on any atom is 0.211 e. The first-order valence-electron chi connectivity index (χ1n) is 7.55. The minimum atomic E-state index is -3.15. The van der Waals surface area contributed by atoms with Crippen molar-refractivity contribution in [3.63, 3.8) is 0 Å². The molecule has 23 heavy (non-hydrogen) atoms. The van der Waals surface area contributed by atoms with Gasteiger partial charge in [0.1, 0.15) is 12.4 Å². The van der Waals surface area contributed by atoms with Crippen molar-refractivity contribution in [1.82, 2.24) is 14.9 Å². The van der Waals surface area contributed by atoms with Crippen LogP contribution in [0.25, 0.3) is 0 Å². The Bertz CT molecular complexity index is 576. The summed E-state index contributed by atoms with van der Waals surface area (Å²) in [7, 11) is 0.438. The van der Waals surface area contributed by atoms with Gasteiger partial charge in [0, 0.05) is 27.2 Å². The molecule has 130 valence electrons. The average molecular weight is 342 g/mol. The molecule has 0 unspecified atom stereocenters. The molecule has 0 aliphatic carbocycles. The highest BCUT2D eigenvalue weighted by atomic mass is 32.2. The zero-order valence-corrected chi connectivity index (χ0v) is 14.8. The Balaban J connectivity index is 2.28. The van der Waals surface area contributed by atoms with E-state index in [1.807, 2.05) is 42.3 Å². The largest absolute Gasteiger partial charge is 0.492 e. The minimum absolute atomic E-state index is 0.0818. The first-order valence-corrected chi connectivity index (χ1v) is 9.20. The molecule has 8 heteroatoms. The van der Waals surface area contributed by atoms with Crippen LogP contribution in [0.1, 0.15) is 6.92 Å². The number of nitrogens with zero attached hydrogens (tertiary/aromatic N) is 2. The normalized spacial score (nSPS) is 12.0. The van der Waals surface area contributed by atoms with Gasteiger partial charge < -0.3 is 15.0 Å². The number of likely N-dealkylation sites (N-methyl/N-ethyl adjacent to an activating group) is 1. The van der Waals surface area contributed by atoms with E-state index >= 15 is 0 Å². The van der Waals surface area contributed by atoms with E-state index in [1.165, 1.54) is 0 Å². The number of guanidine groups is 1. The minimum Gasteiger partial charge on any atom is -0.492 e. The standard InChI is InChI=1S/C15H26N4O3S/c1-4-23(20,21)18-11-10-17-15(16-2)19(3)12-13-22-14-8-6-5-7-9-14/h5-9,18H,4,10-13H2,1-3H3,(H,16,17). The van der Waals surface area contributed by atoms with Gasteiger partial charge in [-0.15, -0.1) is 0 Å². The molecule has 0 saturated carbocycles. The van der Waals surface area contributed by atoms with Crippen LogP contribution in [-0.4, -0.2) is 65.4 Å². The summed E-state index contributed by atoms with van der Waals surface area (Å²) in [5.74, 6) is 1.61. The topological polar surface area (TPSA) is 83.0 Å². The first kappa shape index (κ1) is 19.2. The third kappa shape index (κ3) is 7.85. The SMILES string of the molecule is CCS(=O)(=O)NCCNC(=NC)N(C)CCOc1ccccc1. The van der Waals surface area contributed by atoms with Crippen LogP contribution < -0.4 is 14.8 Å². The van der Waals surface area contributed by atoms with E-state index in [2.05, 4.69) is 15.0 Å². The van der Waals surface area contributed by atoms with Crippen LogP contribution in [0.2, 0.25) is 0 Å². The van der Waals surface area contributed by atoms with Gasteiger partial charge in [-0.25, -0.2) is 13.1 Å². The molecule has 2 N–H and O–H groups in total. The van der Waals surface area contributed by atoms with Crippen molar-refractivity contribution in [3.05, 3.63) is 30.3 Å². The molecule has 0 aromatic heterocycles. The first-order chi connectivity index (χ1) is 11.0. The zero-order valence-electron chi connectivity index (χ0n) is 13.9. The fourth-order valence-corrected chi connectivity index (χ4v) is 2.41. The number of hydrogen-bond donors (Lipinski definition) is 2. The van der Waals surface area contributed by atoms with E-state index in [0.29, 0.717) is 32.2 Å². The highest BCUT2D eigenvalue weighted by Gasteiger charge is 2.07. The van der Waals surface area contributed by atoms with Crippen LogP contribution >= 0.6 is 0 Å². The molecule has 0 saturated heterocycles. The van der Waals surface area contributed by atoms with Gasteiger partial charge in [-0.05, 0) is 19.1 Å². The van der Waals surface area contributed by atoms with Crippen molar-refractivity contribution in [1.29, 1.82) is 0 Å². The molecule has 7 nitrogen and oxygen atoms in total. The lowest BCUT2D eigenvalue weighted by atomic mass is 10.3. The van der Waals surface area contributed by atoms with Crippen molar-refractivity contribution < 1.29 is 13.2 Å². The van der Waals surface area contributed by atoms with Crippen molar-refractivity contribution in [2.24, 2.45) is 4.99 Å². The van der Waals surface area contributed by atoms with Crippen molar-refractivity contribution in [3.8, 4) is 5.75 Å². The van der Waals surface area contributed by atoms with Gasteiger partial charge in [0.15, 0.2) is 5.96 Å². The van der Waals surface area contributed by atoms with Gasteiger partial charge in [-0.1, -0.05) is 18.2 Å². The Kier molecular flexibility index (Phi) is 8.42. The van der Waals surface area contributed by atoms with Gasteiger partial charge in [0.05, 0.1) is 12.3 Å². The highest BCUT2D eigenvalue weighted by Crippen LogP contribution is 2.07. The Morgan fingerprint density at radius 3 is 2.57 bits per heavy atom. The van der Waals surface area contributed by atoms with Gasteiger partial charge in [-0.2, -0.15) is 0 Å². The molecular weight excluding hydrogens is 316 g/mol. The molecule has 0 aliphatic rings. The summed E-state index contributed by atoms with van der Waals surface area (Å²) in [5, 5.41) is 3.11. The zero-order chi connectivity index (χ0) is 17.1. The molecule has 0 radical (unpaired) electrons. The summed E-state index contributed by atoms with van der Waals surface area (Å²) < 4.78 is 30.8. The molecule has 1 aromatic carbocycles. The average Bonchev–Trinajstić information content (AvgIpc) is 2.55. The number of benzene rings is 1. The molecule has 0 fully saturated rings. The number of para-hydroxylation sites is 1. The smallest absolute Gasteiger partial charge is 0.211 e. The summed E-state index contributed by atoms with van der Waals surface area (Å²) in [6, 6.07) is 9.62. The number of sulfonamides is 1. The number of ether oxygens (including phenoxy) is 1. The lowest BCUT2D eigenvalue weighted by Crippen LogP contribution is -2.43. The Labute approximate surface area is 138 Å². The fourth-order valence-electron chi connectivity index (χ4n) is 1.79. The molecule has 0 aliphatic heterocycles. The molecular formula is C15H26N4O3S.